The molecule has 2 aromatic carbocycles. The molecule has 4 heteroatoms. The lowest BCUT2D eigenvalue weighted by Crippen LogP contribution is -1.94. The summed E-state index contributed by atoms with van der Waals surface area (Å²) < 4.78 is 5.03. The predicted molar refractivity (Wildman–Crippen MR) is 74.3 cm³/mol. The number of benzene rings is 2. The average molecular weight is 265 g/mol. The number of hydrogen-bond acceptors (Lipinski definition) is 3. The first kappa shape index (κ1) is 12.2. The zero-order chi connectivity index (χ0) is 13.9. The lowest BCUT2D eigenvalue weighted by Gasteiger charge is -2.02. The smallest absolute Gasteiger partial charge is 0.358 e. The van der Waals surface area contributed by atoms with Gasteiger partial charge >= 0.3 is 5.97 Å². The van der Waals surface area contributed by atoms with E-state index < -0.39 is 5.97 Å². The fraction of sp³-hybridized carbons (Fsp3) is 0. The molecule has 4 nitrogen and oxygen atoms in total. The molecule has 3 rings (SSSR count). The van der Waals surface area contributed by atoms with Crippen LogP contribution in [0.3, 0.4) is 0 Å². The molecular weight excluding hydrogens is 254 g/mol. The van der Waals surface area contributed by atoms with Gasteiger partial charge in [-0.1, -0.05) is 59.8 Å². The maximum Gasteiger partial charge on any atom is 0.358 e. The van der Waals surface area contributed by atoms with Crippen LogP contribution in [0, 0.1) is 0 Å². The van der Waals surface area contributed by atoms with Crippen LogP contribution in [0.4, 0.5) is 0 Å². The zero-order valence-corrected chi connectivity index (χ0v) is 10.5. The van der Waals surface area contributed by atoms with Crippen LogP contribution in [0.5, 0.6) is 0 Å². The summed E-state index contributed by atoms with van der Waals surface area (Å²) in [7, 11) is 0. The molecule has 0 unspecified atom stereocenters. The van der Waals surface area contributed by atoms with Crippen molar-refractivity contribution in [3.8, 4) is 22.5 Å². The third-order valence-electron chi connectivity index (χ3n) is 3.01. The predicted octanol–water partition coefficient (Wildman–Crippen LogP) is 3.71. The molecule has 0 saturated heterocycles. The molecule has 0 fully saturated rings. The molecule has 3 aromatic rings. The fourth-order valence-corrected chi connectivity index (χ4v) is 1.97. The Bertz CT molecular complexity index is 730. The highest BCUT2D eigenvalue weighted by molar-refractivity contribution is 5.86. The van der Waals surface area contributed by atoms with Crippen molar-refractivity contribution in [3.05, 3.63) is 66.4 Å². The van der Waals surface area contributed by atoms with E-state index >= 15 is 0 Å². The van der Waals surface area contributed by atoms with Gasteiger partial charge in [-0.2, -0.15) is 0 Å². The van der Waals surface area contributed by atoms with Gasteiger partial charge in [-0.05, 0) is 11.1 Å². The van der Waals surface area contributed by atoms with E-state index in [4.69, 9.17) is 9.63 Å². The maximum absolute atomic E-state index is 10.8. The van der Waals surface area contributed by atoms with Gasteiger partial charge in [0.05, 0.1) is 0 Å². The summed E-state index contributed by atoms with van der Waals surface area (Å²) in [4.78, 5) is 10.8. The minimum atomic E-state index is -1.10. The molecule has 0 spiro atoms. The maximum atomic E-state index is 10.8. The minimum Gasteiger partial charge on any atom is -0.476 e. The van der Waals surface area contributed by atoms with Gasteiger partial charge in [-0.3, -0.25) is 0 Å². The Morgan fingerprint density at radius 1 is 0.900 bits per heavy atom. The van der Waals surface area contributed by atoms with Crippen molar-refractivity contribution in [1.29, 1.82) is 0 Å². The number of aromatic nitrogens is 1. The number of hydrogen-bond donors (Lipinski definition) is 1. The number of nitrogens with zero attached hydrogens (tertiary/aromatic N) is 1. The molecule has 0 aliphatic carbocycles. The van der Waals surface area contributed by atoms with E-state index in [0.717, 1.165) is 16.7 Å². The van der Waals surface area contributed by atoms with Crippen molar-refractivity contribution in [2.75, 3.05) is 0 Å². The molecule has 20 heavy (non-hydrogen) atoms. The summed E-state index contributed by atoms with van der Waals surface area (Å²) >= 11 is 0. The summed E-state index contributed by atoms with van der Waals surface area (Å²) in [5, 5.41) is 12.3. The molecule has 0 aliphatic heterocycles. The van der Waals surface area contributed by atoms with Crippen molar-refractivity contribution in [3.63, 3.8) is 0 Å². The monoisotopic (exact) mass is 265 g/mol. The first-order valence-corrected chi connectivity index (χ1v) is 6.10. The van der Waals surface area contributed by atoms with E-state index in [1.54, 1.807) is 0 Å². The number of carbonyl (C=O) groups is 1. The van der Waals surface area contributed by atoms with Crippen LogP contribution in [0.2, 0.25) is 0 Å². The van der Waals surface area contributed by atoms with Crippen LogP contribution >= 0.6 is 0 Å². The zero-order valence-electron chi connectivity index (χ0n) is 10.5. The SMILES string of the molecule is O=C(O)c1cc(-c2ccc(-c3ccccc3)cc2)on1. The van der Waals surface area contributed by atoms with E-state index in [9.17, 15) is 4.79 Å². The van der Waals surface area contributed by atoms with Gasteiger partial charge in [-0.25, -0.2) is 4.79 Å². The molecule has 0 atom stereocenters. The van der Waals surface area contributed by atoms with Gasteiger partial charge in [0, 0.05) is 11.6 Å². The van der Waals surface area contributed by atoms with E-state index in [1.165, 1.54) is 6.07 Å². The molecule has 0 aliphatic rings. The Morgan fingerprint density at radius 2 is 1.50 bits per heavy atom. The van der Waals surface area contributed by atoms with E-state index in [1.807, 2.05) is 54.6 Å². The molecule has 0 bridgehead atoms. The highest BCUT2D eigenvalue weighted by Crippen LogP contribution is 2.25. The van der Waals surface area contributed by atoms with Crippen LogP contribution < -0.4 is 0 Å². The van der Waals surface area contributed by atoms with E-state index in [-0.39, 0.29) is 5.69 Å². The average Bonchev–Trinajstić information content (AvgIpc) is 2.98. The quantitative estimate of drug-likeness (QED) is 0.784. The molecule has 0 amide bonds. The van der Waals surface area contributed by atoms with Crippen LogP contribution in [-0.4, -0.2) is 16.2 Å². The van der Waals surface area contributed by atoms with Crippen LogP contribution in [0.1, 0.15) is 10.5 Å². The molecule has 1 heterocycles. The molecular formula is C16H11NO3. The van der Waals surface area contributed by atoms with Crippen LogP contribution in [0.15, 0.2) is 65.2 Å². The number of carboxylic acids is 1. The highest BCUT2D eigenvalue weighted by Gasteiger charge is 2.12. The van der Waals surface area contributed by atoms with Crippen molar-refractivity contribution < 1.29 is 14.4 Å². The summed E-state index contributed by atoms with van der Waals surface area (Å²) in [6.07, 6.45) is 0. The van der Waals surface area contributed by atoms with Crippen molar-refractivity contribution in [2.24, 2.45) is 0 Å². The van der Waals surface area contributed by atoms with Crippen LogP contribution in [0.25, 0.3) is 22.5 Å². The van der Waals surface area contributed by atoms with Gasteiger partial charge in [0.25, 0.3) is 0 Å². The van der Waals surface area contributed by atoms with E-state index in [2.05, 4.69) is 5.16 Å². The summed E-state index contributed by atoms with van der Waals surface area (Å²) in [5.41, 5.74) is 2.92. The lowest BCUT2D eigenvalue weighted by atomic mass is 10.0. The molecule has 1 N–H and O–H groups in total. The Kier molecular flexibility index (Phi) is 3.05. The fourth-order valence-electron chi connectivity index (χ4n) is 1.97. The minimum absolute atomic E-state index is 0.0906. The Balaban J connectivity index is 1.91. The van der Waals surface area contributed by atoms with Crippen molar-refractivity contribution in [2.45, 2.75) is 0 Å². The topological polar surface area (TPSA) is 63.3 Å². The largest absolute Gasteiger partial charge is 0.476 e. The Morgan fingerprint density at radius 3 is 2.10 bits per heavy atom. The molecule has 0 radical (unpaired) electrons. The van der Waals surface area contributed by atoms with Crippen molar-refractivity contribution >= 4 is 5.97 Å². The third-order valence-corrected chi connectivity index (χ3v) is 3.01. The van der Waals surface area contributed by atoms with E-state index in [0.29, 0.717) is 5.76 Å². The second-order valence-electron chi connectivity index (χ2n) is 4.32. The molecule has 0 saturated carbocycles. The van der Waals surface area contributed by atoms with Crippen molar-refractivity contribution in [1.82, 2.24) is 5.16 Å². The van der Waals surface area contributed by atoms with Gasteiger partial charge in [-0.15, -0.1) is 0 Å². The molecule has 98 valence electrons. The first-order valence-electron chi connectivity index (χ1n) is 6.10. The highest BCUT2D eigenvalue weighted by atomic mass is 16.5. The first-order chi connectivity index (χ1) is 9.74. The van der Waals surface area contributed by atoms with Gasteiger partial charge in [0.1, 0.15) is 0 Å². The standard InChI is InChI=1S/C16H11NO3/c18-16(19)14-10-15(20-17-14)13-8-6-12(7-9-13)11-4-2-1-3-5-11/h1-10H,(H,18,19). The summed E-state index contributed by atoms with van der Waals surface area (Å²) in [5.74, 6) is -0.650. The second-order valence-corrected chi connectivity index (χ2v) is 4.32. The van der Waals surface area contributed by atoms with Gasteiger partial charge < -0.3 is 9.63 Å². The normalized spacial score (nSPS) is 10.4. The van der Waals surface area contributed by atoms with Gasteiger partial charge in [0.2, 0.25) is 0 Å². The Labute approximate surface area is 115 Å². The third kappa shape index (κ3) is 2.31. The van der Waals surface area contributed by atoms with Gasteiger partial charge in [0.15, 0.2) is 11.5 Å². The molecule has 1 aromatic heterocycles. The number of carboxylic acid groups (broad SMARTS) is 1. The van der Waals surface area contributed by atoms with Crippen LogP contribution in [-0.2, 0) is 0 Å². The second kappa shape index (κ2) is 5.01. The number of rotatable bonds is 3. The number of aromatic carboxylic acids is 1. The lowest BCUT2D eigenvalue weighted by molar-refractivity contribution is 0.0686. The Hall–Kier alpha value is -2.88. The summed E-state index contributed by atoms with van der Waals surface area (Å²) in [6.45, 7) is 0. The summed E-state index contributed by atoms with van der Waals surface area (Å²) in [6, 6.07) is 19.1.